The average Bonchev–Trinajstić information content (AvgIpc) is 2.88. The smallest absolute Gasteiger partial charge is 0 e. The standard InChI is InChI=1S/C19H26O3Si.6CO.2Co/c1-18(2,3)23(4,5)22-19-13-9-7-6-8-12-16(20)15(17(19)21)11-10-14-19;6*1-2;;/h6-7,15-16,20H,10-11,14H2,1-5H3;;;;;;;;/b7-6-;;;;;;;;/t15?,16-,19-;;;;;;;;/m0......../s1. The average molecular weight is 616 g/mol. The molecule has 0 heterocycles. The fourth-order valence-electron chi connectivity index (χ4n) is 2.74. The first-order valence-electron chi connectivity index (χ1n) is 9.43. The zero-order chi connectivity index (χ0) is 29.3. The van der Waals surface area contributed by atoms with Gasteiger partial charge in [0.2, 0.25) is 0 Å². The Balaban J connectivity index is -0.000000113. The van der Waals surface area contributed by atoms with Crippen molar-refractivity contribution in [2.45, 2.75) is 69.9 Å². The number of ketones is 1. The zero-order valence-electron chi connectivity index (χ0n) is 20.8. The SMILES string of the molecule is CC(C)(C)[Si](C)(C)O[C@@]12C#C/C=C\C#C[C@H](O)C(CCC1)C2=O.[C-]#[O+].[C-]#[O+].[C-]#[O+].[C-]#[O+].[C-]#[O+].[C-]#[O+].[Co].[Co]. The van der Waals surface area contributed by atoms with Gasteiger partial charge in [-0.1, -0.05) is 44.5 Å². The molecule has 202 valence electrons. The summed E-state index contributed by atoms with van der Waals surface area (Å²) >= 11 is 0. The third-order valence-corrected chi connectivity index (χ3v) is 9.62. The molecule has 0 amide bonds. The van der Waals surface area contributed by atoms with Crippen LogP contribution in [0.2, 0.25) is 18.1 Å². The molecule has 2 aliphatic carbocycles. The van der Waals surface area contributed by atoms with Gasteiger partial charge >= 0.3 is 67.8 Å². The Kier molecular flexibility index (Phi) is 42.4. The van der Waals surface area contributed by atoms with E-state index in [1.54, 1.807) is 12.2 Å². The molecule has 3 atom stereocenters. The molecule has 12 heteroatoms. The molecule has 0 saturated heterocycles. The number of rotatable bonds is 2. The first-order valence-corrected chi connectivity index (χ1v) is 12.3. The molecular formula is C25H26Co2O9Si. The number of carbonyl (C=O) groups excluding carboxylic acids is 1. The second kappa shape index (κ2) is 30.3. The number of carbonyl (C=O) groups is 1. The van der Waals surface area contributed by atoms with E-state index in [1.165, 1.54) is 0 Å². The van der Waals surface area contributed by atoms with Gasteiger partial charge in [0.25, 0.3) is 0 Å². The molecule has 0 aliphatic heterocycles. The topological polar surface area (TPSA) is 166 Å². The van der Waals surface area contributed by atoms with Crippen molar-refractivity contribution in [2.75, 3.05) is 0 Å². The van der Waals surface area contributed by atoms with Crippen LogP contribution < -0.4 is 0 Å². The third kappa shape index (κ3) is 18.1. The van der Waals surface area contributed by atoms with Crippen molar-refractivity contribution in [3.63, 3.8) is 0 Å². The fraction of sp³-hybridized carbons (Fsp3) is 0.480. The molecule has 1 saturated carbocycles. The number of aliphatic hydroxyl groups excluding tert-OH is 1. The molecule has 37 heavy (non-hydrogen) atoms. The van der Waals surface area contributed by atoms with Crippen LogP contribution in [0.1, 0.15) is 40.0 Å². The maximum Gasteiger partial charge on any atom is 0 e. The summed E-state index contributed by atoms with van der Waals surface area (Å²) in [6.45, 7) is 37.7. The number of Topliss-reactive ketones (excluding diaryl/α,β-unsaturated/α-hetero) is 1. The van der Waals surface area contributed by atoms with Gasteiger partial charge in [0.1, 0.15) is 6.10 Å². The summed E-state index contributed by atoms with van der Waals surface area (Å²) in [6.07, 6.45) is 4.33. The van der Waals surface area contributed by atoms with Gasteiger partial charge < -0.3 is 9.53 Å². The minimum absolute atomic E-state index is 0. The van der Waals surface area contributed by atoms with Gasteiger partial charge in [0.15, 0.2) is 19.7 Å². The Morgan fingerprint density at radius 1 is 0.919 bits per heavy atom. The van der Waals surface area contributed by atoms with Gasteiger partial charge in [-0.3, -0.25) is 4.79 Å². The molecule has 2 radical (unpaired) electrons. The largest absolute Gasteiger partial charge is 0 e. The third-order valence-electron chi connectivity index (χ3n) is 5.15. The van der Waals surface area contributed by atoms with Crippen LogP contribution in [-0.4, -0.2) is 30.9 Å². The summed E-state index contributed by atoms with van der Waals surface area (Å²) in [5.41, 5.74) is -1.10. The maximum absolute atomic E-state index is 13.1. The molecule has 1 N–H and O–H groups in total. The Hall–Kier alpha value is -1.88. The first-order chi connectivity index (χ1) is 16.6. The van der Waals surface area contributed by atoms with E-state index in [1.807, 2.05) is 0 Å². The van der Waals surface area contributed by atoms with E-state index in [2.05, 4.69) is 97.4 Å². The molecule has 0 aromatic heterocycles. The van der Waals surface area contributed by atoms with E-state index in [4.69, 9.17) is 32.3 Å². The number of aliphatic hydroxyl groups is 1. The number of allylic oxidation sites excluding steroid dienone is 2. The van der Waals surface area contributed by atoms with E-state index in [-0.39, 0.29) is 44.4 Å². The monoisotopic (exact) mass is 616 g/mol. The number of hydrogen-bond acceptors (Lipinski definition) is 3. The quantitative estimate of drug-likeness (QED) is 0.219. The molecule has 0 spiro atoms. The van der Waals surface area contributed by atoms with Crippen molar-refractivity contribution >= 4 is 14.1 Å². The normalized spacial score (nSPS) is 20.3. The second-order valence-electron chi connectivity index (χ2n) is 7.89. The summed E-state index contributed by atoms with van der Waals surface area (Å²) in [5, 5.41) is 10.3. The minimum Gasteiger partial charge on any atom is 0 e. The zero-order valence-corrected chi connectivity index (χ0v) is 23.9. The molecule has 0 aromatic rings. The molecule has 0 aromatic carbocycles. The molecule has 2 bridgehead atoms. The predicted molar refractivity (Wildman–Crippen MR) is 118 cm³/mol. The van der Waals surface area contributed by atoms with Crippen molar-refractivity contribution in [3.8, 4) is 23.7 Å². The maximum atomic E-state index is 13.1. The summed E-state index contributed by atoms with van der Waals surface area (Å²) in [6, 6.07) is 0. The van der Waals surface area contributed by atoms with Gasteiger partial charge in [-0.25, -0.2) is 0 Å². The van der Waals surface area contributed by atoms with E-state index < -0.39 is 25.9 Å². The van der Waals surface area contributed by atoms with Crippen LogP contribution >= 0.6 is 0 Å². The van der Waals surface area contributed by atoms with Crippen LogP contribution in [0.15, 0.2) is 12.2 Å². The molecule has 1 fully saturated rings. The minimum atomic E-state index is -2.18. The fourth-order valence-corrected chi connectivity index (χ4v) is 4.17. The molecular weight excluding hydrogens is 590 g/mol. The van der Waals surface area contributed by atoms with Crippen molar-refractivity contribution in [1.82, 2.24) is 0 Å². The van der Waals surface area contributed by atoms with Gasteiger partial charge in [-0.2, -0.15) is 0 Å². The molecule has 2 rings (SSSR count). The number of hydrogen-bond donors (Lipinski definition) is 1. The Bertz CT molecular complexity index is 855. The summed E-state index contributed by atoms with van der Waals surface area (Å²) in [4.78, 5) is 13.1. The van der Waals surface area contributed by atoms with E-state index in [0.717, 1.165) is 6.42 Å². The predicted octanol–water partition coefficient (Wildman–Crippen LogP) is 2.82. The van der Waals surface area contributed by atoms with Crippen molar-refractivity contribution in [1.29, 1.82) is 0 Å². The van der Waals surface area contributed by atoms with Crippen molar-refractivity contribution in [2.24, 2.45) is 5.92 Å². The molecule has 9 nitrogen and oxygen atoms in total. The van der Waals surface area contributed by atoms with Gasteiger partial charge in [0, 0.05) is 33.6 Å². The Labute approximate surface area is 240 Å². The van der Waals surface area contributed by atoms with E-state index >= 15 is 0 Å². The molecule has 1 unspecified atom stereocenters. The van der Waals surface area contributed by atoms with Crippen LogP contribution in [-0.2, 0) is 70.7 Å². The van der Waals surface area contributed by atoms with Crippen molar-refractivity contribution in [3.05, 3.63) is 52.1 Å². The second-order valence-corrected chi connectivity index (χ2v) is 12.6. The Morgan fingerprint density at radius 2 is 1.32 bits per heavy atom. The van der Waals surface area contributed by atoms with E-state index in [9.17, 15) is 9.90 Å². The summed E-state index contributed by atoms with van der Waals surface area (Å²) < 4.78 is 51.5. The van der Waals surface area contributed by atoms with Crippen LogP contribution in [0.5, 0.6) is 0 Å². The first kappa shape index (κ1) is 51.7. The van der Waals surface area contributed by atoms with Gasteiger partial charge in [-0.05, 0) is 49.5 Å². The molecule has 2 aliphatic rings. The summed E-state index contributed by atoms with van der Waals surface area (Å²) in [7, 11) is -2.18. The number of fused-ring (bicyclic) bond motifs is 2. The van der Waals surface area contributed by atoms with Crippen molar-refractivity contribution < 1.29 is 75.8 Å². The van der Waals surface area contributed by atoms with Gasteiger partial charge in [-0.15, -0.1) is 0 Å². The van der Waals surface area contributed by atoms with Crippen LogP contribution in [0.25, 0.3) is 0 Å². The van der Waals surface area contributed by atoms with E-state index in [0.29, 0.717) is 12.8 Å². The summed E-state index contributed by atoms with van der Waals surface area (Å²) in [5.74, 6) is 10.9. The van der Waals surface area contributed by atoms with Crippen LogP contribution in [0, 0.1) is 69.5 Å². The van der Waals surface area contributed by atoms with Crippen LogP contribution in [0.4, 0.5) is 0 Å². The Morgan fingerprint density at radius 3 is 1.73 bits per heavy atom. The van der Waals surface area contributed by atoms with Crippen LogP contribution in [0.3, 0.4) is 0 Å². The van der Waals surface area contributed by atoms with Gasteiger partial charge in [0.05, 0.1) is 5.92 Å².